The fraction of sp³-hybridized carbons (Fsp3) is 0.846. The average molecular weight is 241 g/mol. The largest absolute Gasteiger partial charge is 0.481 e. The number of carboxylic acids is 1. The van der Waals surface area contributed by atoms with Gasteiger partial charge in [0.25, 0.3) is 0 Å². The van der Waals surface area contributed by atoms with Crippen LogP contribution in [-0.2, 0) is 9.59 Å². The molecule has 0 radical (unpaired) electrons. The number of rotatable bonds is 6. The van der Waals surface area contributed by atoms with Crippen molar-refractivity contribution in [3.05, 3.63) is 0 Å². The van der Waals surface area contributed by atoms with E-state index in [0.29, 0.717) is 19.1 Å². The first kappa shape index (κ1) is 14.2. The molecule has 0 amide bonds. The molecule has 0 bridgehead atoms. The van der Waals surface area contributed by atoms with Crippen molar-refractivity contribution in [1.29, 1.82) is 0 Å². The van der Waals surface area contributed by atoms with E-state index >= 15 is 0 Å². The lowest BCUT2D eigenvalue weighted by Crippen LogP contribution is -2.39. The Morgan fingerprint density at radius 1 is 1.18 bits per heavy atom. The number of nitrogens with zero attached hydrogens (tertiary/aromatic N) is 1. The minimum atomic E-state index is -0.785. The highest BCUT2D eigenvalue weighted by Gasteiger charge is 2.21. The van der Waals surface area contributed by atoms with Gasteiger partial charge in [-0.2, -0.15) is 0 Å². The molecular weight excluding hydrogens is 218 g/mol. The number of Topliss-reactive ketones (excluding diaryl/α,β-unsaturated/α-hetero) is 1. The lowest BCUT2D eigenvalue weighted by atomic mass is 10.1. The van der Waals surface area contributed by atoms with Gasteiger partial charge < -0.3 is 5.11 Å². The van der Waals surface area contributed by atoms with Crippen molar-refractivity contribution in [3.63, 3.8) is 0 Å². The van der Waals surface area contributed by atoms with Crippen LogP contribution in [0.1, 0.15) is 51.9 Å². The molecule has 1 fully saturated rings. The first-order valence-electron chi connectivity index (χ1n) is 6.55. The molecule has 0 unspecified atom stereocenters. The third-order valence-electron chi connectivity index (χ3n) is 3.38. The van der Waals surface area contributed by atoms with E-state index < -0.39 is 5.97 Å². The zero-order chi connectivity index (χ0) is 12.7. The van der Waals surface area contributed by atoms with Crippen LogP contribution in [0.5, 0.6) is 0 Å². The maximum atomic E-state index is 11.2. The van der Waals surface area contributed by atoms with Crippen molar-refractivity contribution < 1.29 is 14.7 Å². The van der Waals surface area contributed by atoms with Gasteiger partial charge in [-0.1, -0.05) is 25.7 Å². The Hall–Kier alpha value is -0.900. The second kappa shape index (κ2) is 7.43. The quantitative estimate of drug-likeness (QED) is 0.723. The van der Waals surface area contributed by atoms with Crippen LogP contribution in [-0.4, -0.2) is 40.9 Å². The fourth-order valence-corrected chi connectivity index (χ4v) is 2.54. The van der Waals surface area contributed by atoms with Crippen LogP contribution in [0.3, 0.4) is 0 Å². The summed E-state index contributed by atoms with van der Waals surface area (Å²) in [6.07, 6.45) is 7.27. The highest BCUT2D eigenvalue weighted by atomic mass is 16.4. The van der Waals surface area contributed by atoms with Gasteiger partial charge in [0.05, 0.1) is 13.0 Å². The number of carbonyl (C=O) groups excluding carboxylic acids is 1. The third-order valence-corrected chi connectivity index (χ3v) is 3.38. The van der Waals surface area contributed by atoms with Gasteiger partial charge in [-0.05, 0) is 19.8 Å². The van der Waals surface area contributed by atoms with Gasteiger partial charge in [0.15, 0.2) is 0 Å². The van der Waals surface area contributed by atoms with E-state index in [9.17, 15) is 9.59 Å². The summed E-state index contributed by atoms with van der Waals surface area (Å²) in [5, 5.41) is 8.74. The summed E-state index contributed by atoms with van der Waals surface area (Å²) in [7, 11) is 0. The molecule has 17 heavy (non-hydrogen) atoms. The van der Waals surface area contributed by atoms with E-state index in [0.717, 1.165) is 12.8 Å². The average Bonchev–Trinajstić information content (AvgIpc) is 2.51. The molecule has 0 atom stereocenters. The van der Waals surface area contributed by atoms with E-state index in [-0.39, 0.29) is 12.2 Å². The molecule has 0 saturated heterocycles. The minimum Gasteiger partial charge on any atom is -0.481 e. The Labute approximate surface area is 103 Å². The Morgan fingerprint density at radius 3 is 2.24 bits per heavy atom. The van der Waals surface area contributed by atoms with E-state index in [4.69, 9.17) is 5.11 Å². The second-order valence-electron chi connectivity index (χ2n) is 4.96. The molecule has 98 valence electrons. The van der Waals surface area contributed by atoms with Crippen LogP contribution >= 0.6 is 0 Å². The van der Waals surface area contributed by atoms with Crippen molar-refractivity contribution in [3.8, 4) is 0 Å². The number of ketones is 1. The van der Waals surface area contributed by atoms with Crippen LogP contribution in [0.25, 0.3) is 0 Å². The molecule has 4 nitrogen and oxygen atoms in total. The van der Waals surface area contributed by atoms with Crippen LogP contribution in [0.4, 0.5) is 0 Å². The Morgan fingerprint density at radius 2 is 1.76 bits per heavy atom. The molecule has 1 rings (SSSR count). The van der Waals surface area contributed by atoms with Gasteiger partial charge >= 0.3 is 5.97 Å². The maximum Gasteiger partial charge on any atom is 0.304 e. The molecule has 0 heterocycles. The topological polar surface area (TPSA) is 57.6 Å². The minimum absolute atomic E-state index is 0.125. The standard InChI is InChI=1S/C13H23NO3/c1-11(15)10-14(9-8-13(16)17)12-6-4-2-3-5-7-12/h12H,2-10H2,1H3,(H,16,17). The summed E-state index contributed by atoms with van der Waals surface area (Å²) in [5.74, 6) is -0.660. The van der Waals surface area contributed by atoms with E-state index in [2.05, 4.69) is 4.90 Å². The molecule has 1 aliphatic rings. The molecule has 0 aromatic heterocycles. The van der Waals surface area contributed by atoms with Gasteiger partial charge in [-0.15, -0.1) is 0 Å². The van der Waals surface area contributed by atoms with Crippen LogP contribution in [0, 0.1) is 0 Å². The molecule has 1 aliphatic carbocycles. The Kier molecular flexibility index (Phi) is 6.19. The molecule has 0 aromatic rings. The van der Waals surface area contributed by atoms with Gasteiger partial charge in [-0.25, -0.2) is 0 Å². The van der Waals surface area contributed by atoms with Crippen LogP contribution in [0.2, 0.25) is 0 Å². The predicted molar refractivity (Wildman–Crippen MR) is 66.0 cm³/mol. The molecule has 1 N–H and O–H groups in total. The number of hydrogen-bond donors (Lipinski definition) is 1. The highest BCUT2D eigenvalue weighted by Crippen LogP contribution is 2.22. The third kappa shape index (κ3) is 5.82. The van der Waals surface area contributed by atoms with Crippen molar-refractivity contribution in [2.45, 2.75) is 57.9 Å². The second-order valence-corrected chi connectivity index (χ2v) is 4.96. The molecule has 0 aromatic carbocycles. The lowest BCUT2D eigenvalue weighted by Gasteiger charge is -2.29. The van der Waals surface area contributed by atoms with E-state index in [1.54, 1.807) is 6.92 Å². The molecule has 0 aliphatic heterocycles. The van der Waals surface area contributed by atoms with Crippen LogP contribution in [0.15, 0.2) is 0 Å². The normalized spacial score (nSPS) is 18.0. The Balaban J connectivity index is 2.52. The highest BCUT2D eigenvalue weighted by molar-refractivity contribution is 5.77. The van der Waals surface area contributed by atoms with Gasteiger partial charge in [0.2, 0.25) is 0 Å². The van der Waals surface area contributed by atoms with E-state index in [1.165, 1.54) is 25.7 Å². The molecule has 1 saturated carbocycles. The zero-order valence-electron chi connectivity index (χ0n) is 10.7. The maximum absolute atomic E-state index is 11.2. The van der Waals surface area contributed by atoms with E-state index in [1.807, 2.05) is 0 Å². The van der Waals surface area contributed by atoms with Crippen molar-refractivity contribution in [2.75, 3.05) is 13.1 Å². The Bertz CT molecular complexity index is 257. The summed E-state index contributed by atoms with van der Waals surface area (Å²) in [6.45, 7) is 2.47. The van der Waals surface area contributed by atoms with Gasteiger partial charge in [0.1, 0.15) is 5.78 Å². The van der Waals surface area contributed by atoms with Gasteiger partial charge in [-0.3, -0.25) is 14.5 Å². The summed E-state index contributed by atoms with van der Waals surface area (Å²) in [6, 6.07) is 0.403. The van der Waals surface area contributed by atoms with Crippen molar-refractivity contribution in [1.82, 2.24) is 4.90 Å². The summed E-state index contributed by atoms with van der Waals surface area (Å²) < 4.78 is 0. The van der Waals surface area contributed by atoms with Crippen LogP contribution < -0.4 is 0 Å². The molecular formula is C13H23NO3. The summed E-state index contributed by atoms with van der Waals surface area (Å²) in [4.78, 5) is 23.9. The monoisotopic (exact) mass is 241 g/mol. The number of carboxylic acid groups (broad SMARTS) is 1. The first-order chi connectivity index (χ1) is 8.09. The number of aliphatic carboxylic acids is 1. The fourth-order valence-electron chi connectivity index (χ4n) is 2.54. The van der Waals surface area contributed by atoms with Gasteiger partial charge in [0, 0.05) is 12.6 Å². The molecule has 4 heteroatoms. The number of carbonyl (C=O) groups is 2. The molecule has 0 spiro atoms. The zero-order valence-corrected chi connectivity index (χ0v) is 10.7. The lowest BCUT2D eigenvalue weighted by molar-refractivity contribution is -0.137. The summed E-state index contributed by atoms with van der Waals surface area (Å²) >= 11 is 0. The summed E-state index contributed by atoms with van der Waals surface area (Å²) in [5.41, 5.74) is 0. The van der Waals surface area contributed by atoms with Crippen molar-refractivity contribution >= 4 is 11.8 Å². The predicted octanol–water partition coefficient (Wildman–Crippen LogP) is 2.07. The van der Waals surface area contributed by atoms with Crippen molar-refractivity contribution in [2.24, 2.45) is 0 Å². The number of hydrogen-bond acceptors (Lipinski definition) is 3. The first-order valence-corrected chi connectivity index (χ1v) is 6.55. The SMILES string of the molecule is CC(=O)CN(CCC(=O)O)C1CCCCCC1. The smallest absolute Gasteiger partial charge is 0.304 e.